The maximum Gasteiger partial charge on any atom is 0.337 e. The van der Waals surface area contributed by atoms with E-state index in [2.05, 4.69) is 15.0 Å². The molecular weight excluding hydrogens is 376 g/mol. The molecule has 0 aliphatic carbocycles. The fraction of sp³-hybridized carbons (Fsp3) is 0.167. The van der Waals surface area contributed by atoms with Gasteiger partial charge in [0.2, 0.25) is 5.91 Å². The van der Waals surface area contributed by atoms with Crippen molar-refractivity contribution in [3.63, 3.8) is 0 Å². The highest BCUT2D eigenvalue weighted by molar-refractivity contribution is 7.99. The third-order valence-corrected chi connectivity index (χ3v) is 4.41. The zero-order valence-electron chi connectivity index (χ0n) is 14.2. The molecule has 3 aromatic rings. The number of methoxy groups -OCH3 is 1. The number of benzene rings is 2. The van der Waals surface area contributed by atoms with E-state index >= 15 is 0 Å². The highest BCUT2D eigenvalue weighted by atomic mass is 32.2. The summed E-state index contributed by atoms with van der Waals surface area (Å²) in [7, 11) is 1.28. The normalized spacial score (nSPS) is 11.0. The second-order valence-electron chi connectivity index (χ2n) is 5.46. The molecule has 0 spiro atoms. The fourth-order valence-electron chi connectivity index (χ4n) is 2.53. The number of nitrogens with one attached hydrogen (secondary N) is 1. The van der Waals surface area contributed by atoms with E-state index in [-0.39, 0.29) is 11.7 Å². The molecule has 1 N–H and O–H groups in total. The van der Waals surface area contributed by atoms with Gasteiger partial charge in [-0.05, 0) is 48.2 Å². The number of carbonyl (C=O) groups is 2. The number of aromatic nitrogens is 2. The van der Waals surface area contributed by atoms with Crippen molar-refractivity contribution in [3.8, 4) is 0 Å². The summed E-state index contributed by atoms with van der Waals surface area (Å²) in [5.74, 6) is -3.53. The van der Waals surface area contributed by atoms with Crippen LogP contribution in [0.15, 0.2) is 53.7 Å². The third kappa shape index (κ3) is 4.43. The number of hydrogen-bond acceptors (Lipinski definition) is 5. The van der Waals surface area contributed by atoms with Crippen LogP contribution in [-0.4, -0.2) is 34.3 Å². The summed E-state index contributed by atoms with van der Waals surface area (Å²) in [4.78, 5) is 28.0. The van der Waals surface area contributed by atoms with Crippen molar-refractivity contribution in [1.82, 2.24) is 9.55 Å². The molecule has 1 amide bonds. The number of carbonyl (C=O) groups excluding carboxylic acids is 2. The van der Waals surface area contributed by atoms with E-state index in [0.29, 0.717) is 34.0 Å². The smallest absolute Gasteiger partial charge is 0.337 e. The fourth-order valence-corrected chi connectivity index (χ4v) is 3.13. The number of imidazole rings is 1. The van der Waals surface area contributed by atoms with E-state index in [4.69, 9.17) is 0 Å². The minimum Gasteiger partial charge on any atom is -0.465 e. The van der Waals surface area contributed by atoms with Gasteiger partial charge in [0, 0.05) is 5.69 Å². The van der Waals surface area contributed by atoms with Gasteiger partial charge in [-0.3, -0.25) is 4.79 Å². The summed E-state index contributed by atoms with van der Waals surface area (Å²) in [6.07, 6.45) is 0. The SMILES string of the molecule is COC(=O)c1ccc(NC(=O)Cn2c(SC(F)F)nc3ccccc32)cc1. The van der Waals surface area contributed by atoms with Crippen LogP contribution in [0, 0.1) is 0 Å². The van der Waals surface area contributed by atoms with Crippen LogP contribution in [0.3, 0.4) is 0 Å². The number of ether oxygens (including phenoxy) is 1. The second-order valence-corrected chi connectivity index (χ2v) is 6.42. The molecule has 0 radical (unpaired) electrons. The summed E-state index contributed by atoms with van der Waals surface area (Å²) in [6, 6.07) is 13.1. The van der Waals surface area contributed by atoms with Crippen LogP contribution >= 0.6 is 11.8 Å². The monoisotopic (exact) mass is 391 g/mol. The predicted molar refractivity (Wildman–Crippen MR) is 98.0 cm³/mol. The Hall–Kier alpha value is -2.94. The molecule has 0 unspecified atom stereocenters. The molecule has 0 fully saturated rings. The Labute approximate surface area is 157 Å². The Morgan fingerprint density at radius 3 is 2.56 bits per heavy atom. The maximum atomic E-state index is 12.8. The van der Waals surface area contributed by atoms with Crippen molar-refractivity contribution in [2.75, 3.05) is 12.4 Å². The molecule has 2 aromatic carbocycles. The lowest BCUT2D eigenvalue weighted by molar-refractivity contribution is -0.116. The van der Waals surface area contributed by atoms with Crippen molar-refractivity contribution in [3.05, 3.63) is 54.1 Å². The van der Waals surface area contributed by atoms with Gasteiger partial charge in [0.25, 0.3) is 5.76 Å². The first-order valence-electron chi connectivity index (χ1n) is 7.86. The number of hydrogen-bond donors (Lipinski definition) is 1. The number of alkyl halides is 2. The van der Waals surface area contributed by atoms with Crippen molar-refractivity contribution >= 4 is 40.4 Å². The largest absolute Gasteiger partial charge is 0.465 e. The topological polar surface area (TPSA) is 73.2 Å². The Bertz CT molecular complexity index is 974. The maximum absolute atomic E-state index is 12.8. The van der Waals surface area contributed by atoms with Gasteiger partial charge in [-0.25, -0.2) is 9.78 Å². The molecule has 0 aliphatic rings. The number of nitrogens with zero attached hydrogens (tertiary/aromatic N) is 2. The van der Waals surface area contributed by atoms with Crippen molar-refractivity contribution in [2.24, 2.45) is 0 Å². The minimum atomic E-state index is -2.64. The van der Waals surface area contributed by atoms with Crippen LogP contribution in [0.2, 0.25) is 0 Å². The second kappa shape index (κ2) is 8.17. The van der Waals surface area contributed by atoms with Crippen molar-refractivity contribution < 1.29 is 23.1 Å². The molecular formula is C18H15F2N3O3S. The molecule has 0 aliphatic heterocycles. The van der Waals surface area contributed by atoms with Gasteiger partial charge in [0.15, 0.2) is 5.16 Å². The Kier molecular flexibility index (Phi) is 5.70. The van der Waals surface area contributed by atoms with E-state index in [1.807, 2.05) is 0 Å². The van der Waals surface area contributed by atoms with Crippen molar-refractivity contribution in [2.45, 2.75) is 17.5 Å². The molecule has 0 saturated heterocycles. The molecule has 0 saturated carbocycles. The summed E-state index contributed by atoms with van der Waals surface area (Å²) in [5.41, 5.74) is 1.96. The van der Waals surface area contributed by atoms with E-state index < -0.39 is 17.6 Å². The summed E-state index contributed by atoms with van der Waals surface area (Å²) in [6.45, 7) is -0.172. The molecule has 3 rings (SSSR count). The lowest BCUT2D eigenvalue weighted by atomic mass is 10.2. The number of para-hydroxylation sites is 2. The third-order valence-electron chi connectivity index (χ3n) is 3.71. The summed E-state index contributed by atoms with van der Waals surface area (Å²) >= 11 is 0.294. The number of anilines is 1. The van der Waals surface area contributed by atoms with Gasteiger partial charge in [-0.1, -0.05) is 12.1 Å². The van der Waals surface area contributed by atoms with Gasteiger partial charge in [-0.15, -0.1) is 0 Å². The number of esters is 1. The lowest BCUT2D eigenvalue weighted by Crippen LogP contribution is -2.19. The van der Waals surface area contributed by atoms with Crippen LogP contribution < -0.4 is 5.32 Å². The standard InChI is InChI=1S/C18H15F2N3O3S/c1-26-16(25)11-6-8-12(9-7-11)21-15(24)10-23-14-5-3-2-4-13(14)22-18(23)27-17(19)20/h2-9,17H,10H2,1H3,(H,21,24). The first kappa shape index (κ1) is 18.8. The number of halogens is 2. The minimum absolute atomic E-state index is 0.0717. The lowest BCUT2D eigenvalue weighted by Gasteiger charge is -2.10. The molecule has 140 valence electrons. The van der Waals surface area contributed by atoms with Crippen LogP contribution in [0.4, 0.5) is 14.5 Å². The quantitative estimate of drug-likeness (QED) is 0.511. The molecule has 0 bridgehead atoms. The van der Waals surface area contributed by atoms with Gasteiger partial charge < -0.3 is 14.6 Å². The van der Waals surface area contributed by atoms with Gasteiger partial charge in [-0.2, -0.15) is 8.78 Å². The molecule has 9 heteroatoms. The first-order chi connectivity index (χ1) is 13.0. The molecule has 1 heterocycles. The van der Waals surface area contributed by atoms with Gasteiger partial charge >= 0.3 is 5.97 Å². The summed E-state index contributed by atoms with van der Waals surface area (Å²) < 4.78 is 31.7. The molecule has 6 nitrogen and oxygen atoms in total. The molecule has 1 aromatic heterocycles. The van der Waals surface area contributed by atoms with Gasteiger partial charge in [0.05, 0.1) is 23.7 Å². The number of fused-ring (bicyclic) bond motifs is 1. The van der Waals surface area contributed by atoms with Crippen molar-refractivity contribution in [1.29, 1.82) is 0 Å². The number of amides is 1. The molecule has 27 heavy (non-hydrogen) atoms. The van der Waals surface area contributed by atoms with E-state index in [9.17, 15) is 18.4 Å². The average Bonchev–Trinajstić information content (AvgIpc) is 2.98. The summed E-state index contributed by atoms with van der Waals surface area (Å²) in [5, 5.41) is 2.74. The van der Waals surface area contributed by atoms with E-state index in [1.54, 1.807) is 36.4 Å². The van der Waals surface area contributed by atoms with Crippen LogP contribution in [0.25, 0.3) is 11.0 Å². The molecule has 0 atom stereocenters. The van der Waals surface area contributed by atoms with E-state index in [1.165, 1.54) is 23.8 Å². The van der Waals surface area contributed by atoms with Gasteiger partial charge in [0.1, 0.15) is 6.54 Å². The van der Waals surface area contributed by atoms with Crippen LogP contribution in [-0.2, 0) is 16.1 Å². The number of thioether (sulfide) groups is 1. The van der Waals surface area contributed by atoms with Crippen LogP contribution in [0.5, 0.6) is 0 Å². The predicted octanol–water partition coefficient (Wildman–Crippen LogP) is 3.78. The number of rotatable bonds is 6. The highest BCUT2D eigenvalue weighted by Crippen LogP contribution is 2.28. The van der Waals surface area contributed by atoms with Crippen LogP contribution in [0.1, 0.15) is 10.4 Å². The average molecular weight is 391 g/mol. The Balaban J connectivity index is 1.78. The Morgan fingerprint density at radius 1 is 1.19 bits per heavy atom. The zero-order valence-corrected chi connectivity index (χ0v) is 15.0. The highest BCUT2D eigenvalue weighted by Gasteiger charge is 2.18. The zero-order chi connectivity index (χ0) is 19.4. The Morgan fingerprint density at radius 2 is 1.89 bits per heavy atom. The van der Waals surface area contributed by atoms with E-state index in [0.717, 1.165) is 0 Å². The first-order valence-corrected chi connectivity index (χ1v) is 8.74.